The van der Waals surface area contributed by atoms with Crippen molar-refractivity contribution in [1.82, 2.24) is 15.1 Å². The molecule has 3 amide bonds. The van der Waals surface area contributed by atoms with Gasteiger partial charge in [0.1, 0.15) is 0 Å². The summed E-state index contributed by atoms with van der Waals surface area (Å²) in [6.45, 7) is 7.74. The average Bonchev–Trinajstić information content (AvgIpc) is 2.62. The SMILES string of the molecule is Cc1cccc(NC(=O)N2CCCC(C(=O)N3CCNC[C@@H]3C)C2)c1. The third kappa shape index (κ3) is 4.31. The summed E-state index contributed by atoms with van der Waals surface area (Å²) >= 11 is 0. The van der Waals surface area contributed by atoms with Gasteiger partial charge < -0.3 is 20.4 Å². The molecule has 6 nitrogen and oxygen atoms in total. The van der Waals surface area contributed by atoms with Gasteiger partial charge in [0, 0.05) is 44.5 Å². The number of piperidine rings is 1. The van der Waals surface area contributed by atoms with Crippen LogP contribution < -0.4 is 10.6 Å². The van der Waals surface area contributed by atoms with Crippen LogP contribution in [-0.4, -0.2) is 60.5 Å². The first-order chi connectivity index (χ1) is 12.0. The second-order valence-electron chi connectivity index (χ2n) is 7.17. The Morgan fingerprint density at radius 2 is 2.12 bits per heavy atom. The van der Waals surface area contributed by atoms with E-state index in [1.807, 2.05) is 36.1 Å². The highest BCUT2D eigenvalue weighted by atomic mass is 16.2. The number of carbonyl (C=O) groups excluding carboxylic acids is 2. The smallest absolute Gasteiger partial charge is 0.321 e. The normalized spacial score (nSPS) is 24.1. The first-order valence-corrected chi connectivity index (χ1v) is 9.18. The number of nitrogens with one attached hydrogen (secondary N) is 2. The molecule has 2 aliphatic heterocycles. The van der Waals surface area contributed by atoms with Crippen LogP contribution >= 0.6 is 0 Å². The number of urea groups is 1. The lowest BCUT2D eigenvalue weighted by Crippen LogP contribution is -2.56. The average molecular weight is 344 g/mol. The van der Waals surface area contributed by atoms with E-state index in [4.69, 9.17) is 0 Å². The number of benzene rings is 1. The summed E-state index contributed by atoms with van der Waals surface area (Å²) in [4.78, 5) is 29.2. The van der Waals surface area contributed by atoms with Gasteiger partial charge in [0.2, 0.25) is 5.91 Å². The second kappa shape index (κ2) is 7.87. The lowest BCUT2D eigenvalue weighted by molar-refractivity contribution is -0.139. The molecule has 1 unspecified atom stereocenters. The zero-order valence-electron chi connectivity index (χ0n) is 15.1. The maximum atomic E-state index is 12.9. The monoisotopic (exact) mass is 344 g/mol. The van der Waals surface area contributed by atoms with Gasteiger partial charge in [-0.15, -0.1) is 0 Å². The minimum Gasteiger partial charge on any atom is -0.337 e. The summed E-state index contributed by atoms with van der Waals surface area (Å²) in [7, 11) is 0. The number of anilines is 1. The molecule has 2 heterocycles. The van der Waals surface area contributed by atoms with Crippen molar-refractivity contribution >= 4 is 17.6 Å². The van der Waals surface area contributed by atoms with Crippen LogP contribution in [0.3, 0.4) is 0 Å². The molecular weight excluding hydrogens is 316 g/mol. The lowest BCUT2D eigenvalue weighted by atomic mass is 9.95. The van der Waals surface area contributed by atoms with Crippen molar-refractivity contribution in [2.75, 3.05) is 38.0 Å². The Bertz CT molecular complexity index is 634. The fourth-order valence-corrected chi connectivity index (χ4v) is 3.69. The minimum atomic E-state index is -0.114. The molecular formula is C19H28N4O2. The zero-order valence-corrected chi connectivity index (χ0v) is 15.1. The van der Waals surface area contributed by atoms with Gasteiger partial charge in [-0.25, -0.2) is 4.79 Å². The van der Waals surface area contributed by atoms with Gasteiger partial charge in [-0.3, -0.25) is 4.79 Å². The summed E-state index contributed by atoms with van der Waals surface area (Å²) in [6, 6.07) is 7.88. The quantitative estimate of drug-likeness (QED) is 0.863. The van der Waals surface area contributed by atoms with Crippen molar-refractivity contribution in [2.24, 2.45) is 5.92 Å². The Morgan fingerprint density at radius 1 is 1.28 bits per heavy atom. The van der Waals surface area contributed by atoms with E-state index in [2.05, 4.69) is 17.6 Å². The molecule has 1 aromatic rings. The molecule has 136 valence electrons. The van der Waals surface area contributed by atoms with E-state index < -0.39 is 0 Å². The van der Waals surface area contributed by atoms with Crippen LogP contribution in [-0.2, 0) is 4.79 Å². The second-order valence-corrected chi connectivity index (χ2v) is 7.17. The third-order valence-corrected chi connectivity index (χ3v) is 5.11. The first kappa shape index (κ1) is 17.7. The molecule has 0 bridgehead atoms. The third-order valence-electron chi connectivity index (χ3n) is 5.11. The fourth-order valence-electron chi connectivity index (χ4n) is 3.69. The molecule has 3 rings (SSSR count). The van der Waals surface area contributed by atoms with Gasteiger partial charge in [0.15, 0.2) is 0 Å². The van der Waals surface area contributed by atoms with Crippen molar-refractivity contribution in [3.05, 3.63) is 29.8 Å². The number of hydrogen-bond acceptors (Lipinski definition) is 3. The number of nitrogens with zero attached hydrogens (tertiary/aromatic N) is 2. The molecule has 0 spiro atoms. The van der Waals surface area contributed by atoms with Crippen LogP contribution in [0.5, 0.6) is 0 Å². The van der Waals surface area contributed by atoms with E-state index in [1.165, 1.54) is 0 Å². The van der Waals surface area contributed by atoms with Crippen LogP contribution in [0.25, 0.3) is 0 Å². The minimum absolute atomic E-state index is 0.0856. The maximum Gasteiger partial charge on any atom is 0.321 e. The number of likely N-dealkylation sites (tertiary alicyclic amines) is 1. The molecule has 0 aromatic heterocycles. The molecule has 2 N–H and O–H groups in total. The highest BCUT2D eigenvalue weighted by molar-refractivity contribution is 5.90. The highest BCUT2D eigenvalue weighted by Gasteiger charge is 2.33. The van der Waals surface area contributed by atoms with Gasteiger partial charge in [0.25, 0.3) is 0 Å². The summed E-state index contributed by atoms with van der Waals surface area (Å²) < 4.78 is 0. The molecule has 25 heavy (non-hydrogen) atoms. The van der Waals surface area contributed by atoms with Gasteiger partial charge in [-0.1, -0.05) is 12.1 Å². The number of piperazine rings is 1. The Morgan fingerprint density at radius 3 is 2.88 bits per heavy atom. The van der Waals surface area contributed by atoms with Crippen molar-refractivity contribution in [3.63, 3.8) is 0 Å². The van der Waals surface area contributed by atoms with Crippen molar-refractivity contribution in [2.45, 2.75) is 32.7 Å². The summed E-state index contributed by atoms with van der Waals surface area (Å²) in [6.07, 6.45) is 1.74. The van der Waals surface area contributed by atoms with Gasteiger partial charge >= 0.3 is 6.03 Å². The molecule has 6 heteroatoms. The van der Waals surface area contributed by atoms with E-state index in [1.54, 1.807) is 4.90 Å². The Hall–Kier alpha value is -2.08. The number of rotatable bonds is 2. The van der Waals surface area contributed by atoms with Crippen LogP contribution in [0.2, 0.25) is 0 Å². The van der Waals surface area contributed by atoms with Crippen LogP contribution in [0.4, 0.5) is 10.5 Å². The molecule has 1 aromatic carbocycles. The molecule has 0 radical (unpaired) electrons. The molecule has 2 saturated heterocycles. The van der Waals surface area contributed by atoms with E-state index in [0.29, 0.717) is 13.1 Å². The van der Waals surface area contributed by atoms with Gasteiger partial charge in [-0.05, 0) is 44.4 Å². The van der Waals surface area contributed by atoms with E-state index >= 15 is 0 Å². The highest BCUT2D eigenvalue weighted by Crippen LogP contribution is 2.21. The first-order valence-electron chi connectivity index (χ1n) is 9.18. The van der Waals surface area contributed by atoms with Crippen molar-refractivity contribution in [3.8, 4) is 0 Å². The standard InChI is InChI=1S/C19H28N4O2/c1-14-5-3-7-17(11-14)21-19(25)22-9-4-6-16(13-22)18(24)23-10-8-20-12-15(23)2/h3,5,7,11,15-16,20H,4,6,8-10,12-13H2,1-2H3,(H,21,25)/t15-,16?/m0/s1. The predicted octanol–water partition coefficient (Wildman–Crippen LogP) is 2.06. The predicted molar refractivity (Wildman–Crippen MR) is 98.5 cm³/mol. The molecule has 2 fully saturated rings. The number of aryl methyl sites for hydroxylation is 1. The Kier molecular flexibility index (Phi) is 5.58. The number of carbonyl (C=O) groups is 2. The van der Waals surface area contributed by atoms with Crippen molar-refractivity contribution < 1.29 is 9.59 Å². The van der Waals surface area contributed by atoms with Gasteiger partial charge in [0.05, 0.1) is 5.92 Å². The maximum absolute atomic E-state index is 12.9. The van der Waals surface area contributed by atoms with E-state index in [9.17, 15) is 9.59 Å². The van der Waals surface area contributed by atoms with Gasteiger partial charge in [-0.2, -0.15) is 0 Å². The molecule has 2 atom stereocenters. The Labute approximate surface area is 149 Å². The summed E-state index contributed by atoms with van der Waals surface area (Å²) in [5, 5.41) is 6.27. The van der Waals surface area contributed by atoms with Crippen LogP contribution in [0, 0.1) is 12.8 Å². The molecule has 0 aliphatic carbocycles. The Balaban J connectivity index is 1.60. The number of hydrogen-bond donors (Lipinski definition) is 2. The summed E-state index contributed by atoms with van der Waals surface area (Å²) in [5.74, 6) is 0.111. The van der Waals surface area contributed by atoms with E-state index in [0.717, 1.165) is 43.7 Å². The summed E-state index contributed by atoms with van der Waals surface area (Å²) in [5.41, 5.74) is 1.91. The zero-order chi connectivity index (χ0) is 17.8. The van der Waals surface area contributed by atoms with E-state index in [-0.39, 0.29) is 23.9 Å². The lowest BCUT2D eigenvalue weighted by Gasteiger charge is -2.39. The number of amides is 3. The topological polar surface area (TPSA) is 64.7 Å². The fraction of sp³-hybridized carbons (Fsp3) is 0.579. The molecule has 2 aliphatic rings. The van der Waals surface area contributed by atoms with Crippen molar-refractivity contribution in [1.29, 1.82) is 0 Å². The molecule has 0 saturated carbocycles. The van der Waals surface area contributed by atoms with Crippen LogP contribution in [0.1, 0.15) is 25.3 Å². The van der Waals surface area contributed by atoms with Crippen LogP contribution in [0.15, 0.2) is 24.3 Å². The largest absolute Gasteiger partial charge is 0.337 e.